The maximum absolute atomic E-state index is 10.9. The molecule has 1 amide bonds. The smallest absolute Gasteiger partial charge is 0.234 e. The fourth-order valence-corrected chi connectivity index (χ4v) is 1.88. The van der Waals surface area contributed by atoms with E-state index in [9.17, 15) is 9.90 Å². The summed E-state index contributed by atoms with van der Waals surface area (Å²) in [4.78, 5) is 12.8. The van der Waals surface area contributed by atoms with Crippen molar-refractivity contribution in [3.05, 3.63) is 0 Å². The number of aliphatic hydroxyl groups excluding tert-OH is 1. The minimum atomic E-state index is -0.332. The molecule has 0 spiro atoms. The van der Waals surface area contributed by atoms with Crippen LogP contribution >= 0.6 is 0 Å². The zero-order valence-electron chi connectivity index (χ0n) is 8.23. The maximum Gasteiger partial charge on any atom is 0.234 e. The van der Waals surface area contributed by atoms with Crippen molar-refractivity contribution in [2.24, 2.45) is 5.73 Å². The summed E-state index contributed by atoms with van der Waals surface area (Å²) >= 11 is 0. The van der Waals surface area contributed by atoms with E-state index >= 15 is 0 Å². The van der Waals surface area contributed by atoms with Gasteiger partial charge in [-0.15, -0.1) is 0 Å². The molecule has 1 unspecified atom stereocenters. The molecule has 0 aliphatic heterocycles. The van der Waals surface area contributed by atoms with Crippen LogP contribution < -0.4 is 5.73 Å². The third kappa shape index (κ3) is 2.19. The Morgan fingerprint density at radius 2 is 2.23 bits per heavy atom. The van der Waals surface area contributed by atoms with Gasteiger partial charge in [0.2, 0.25) is 5.91 Å². The van der Waals surface area contributed by atoms with Gasteiger partial charge in [0.05, 0.1) is 12.1 Å². The first-order chi connectivity index (χ1) is 6.04. The lowest BCUT2D eigenvalue weighted by atomic mass is 10.1. The zero-order valence-corrected chi connectivity index (χ0v) is 8.23. The van der Waals surface area contributed by atoms with E-state index in [-0.39, 0.29) is 24.1 Å². The Kier molecular flexibility index (Phi) is 3.27. The Bertz CT molecular complexity index is 196. The van der Waals surface area contributed by atoms with E-state index in [1.165, 1.54) is 0 Å². The molecule has 0 aromatic heterocycles. The van der Waals surface area contributed by atoms with Crippen LogP contribution in [-0.4, -0.2) is 41.1 Å². The maximum atomic E-state index is 10.9. The van der Waals surface area contributed by atoms with Crippen molar-refractivity contribution < 1.29 is 9.90 Å². The third-order valence-electron chi connectivity index (χ3n) is 2.99. The van der Waals surface area contributed by atoms with Gasteiger partial charge in [-0.1, -0.05) is 0 Å². The summed E-state index contributed by atoms with van der Waals surface area (Å²) in [6.07, 6.45) is 2.52. The molecular weight excluding hydrogens is 168 g/mol. The first-order valence-electron chi connectivity index (χ1n) is 4.73. The van der Waals surface area contributed by atoms with E-state index in [4.69, 9.17) is 5.73 Å². The van der Waals surface area contributed by atoms with Gasteiger partial charge in [-0.2, -0.15) is 0 Å². The number of nitrogens with zero attached hydrogens (tertiary/aromatic N) is 1. The predicted molar refractivity (Wildman–Crippen MR) is 50.1 cm³/mol. The van der Waals surface area contributed by atoms with Crippen LogP contribution in [0, 0.1) is 0 Å². The molecule has 0 radical (unpaired) electrons. The molecule has 4 heteroatoms. The van der Waals surface area contributed by atoms with Crippen LogP contribution in [0.1, 0.15) is 26.2 Å². The predicted octanol–water partition coefficient (Wildman–Crippen LogP) is -0.295. The monoisotopic (exact) mass is 186 g/mol. The van der Waals surface area contributed by atoms with E-state index < -0.39 is 0 Å². The molecule has 3 N–H and O–H groups in total. The van der Waals surface area contributed by atoms with Crippen LogP contribution in [0.2, 0.25) is 0 Å². The lowest BCUT2D eigenvalue weighted by Gasteiger charge is -2.30. The average molecular weight is 186 g/mol. The van der Waals surface area contributed by atoms with Gasteiger partial charge < -0.3 is 10.8 Å². The van der Waals surface area contributed by atoms with E-state index in [1.807, 2.05) is 11.9 Å². The number of aliphatic hydroxyl groups is 1. The number of carbonyl (C=O) groups excluding carboxylic acids is 1. The number of amides is 1. The van der Waals surface area contributed by atoms with Gasteiger partial charge in [0.1, 0.15) is 0 Å². The molecule has 3 atom stereocenters. The fraction of sp³-hybridized carbons (Fsp3) is 0.889. The van der Waals surface area contributed by atoms with E-state index in [2.05, 4.69) is 0 Å². The highest BCUT2D eigenvalue weighted by Crippen LogP contribution is 2.24. The standard InChI is InChI=1S/C9H18N2O2/c1-6(9(10)13)11(2)7-4-3-5-8(7)12/h6-8,12H,3-5H2,1-2H3,(H2,10,13)/t6?,7-,8-/m1/s1. The molecule has 0 aromatic rings. The van der Waals surface area contributed by atoms with Gasteiger partial charge in [0.25, 0.3) is 0 Å². The molecule has 1 rings (SSSR count). The Morgan fingerprint density at radius 3 is 2.62 bits per heavy atom. The summed E-state index contributed by atoms with van der Waals surface area (Å²) < 4.78 is 0. The van der Waals surface area contributed by atoms with Crippen molar-refractivity contribution in [2.75, 3.05) is 7.05 Å². The van der Waals surface area contributed by atoms with Crippen LogP contribution in [0.15, 0.2) is 0 Å². The van der Waals surface area contributed by atoms with Crippen molar-refractivity contribution in [2.45, 2.75) is 44.4 Å². The van der Waals surface area contributed by atoms with E-state index in [0.717, 1.165) is 19.3 Å². The van der Waals surface area contributed by atoms with Crippen LogP contribution in [-0.2, 0) is 4.79 Å². The zero-order chi connectivity index (χ0) is 10.0. The number of primary amides is 1. The molecule has 1 aliphatic rings. The molecular formula is C9H18N2O2. The lowest BCUT2D eigenvalue weighted by molar-refractivity contribution is -0.123. The number of carbonyl (C=O) groups is 1. The fourth-order valence-electron chi connectivity index (χ4n) is 1.88. The number of likely N-dealkylation sites (N-methyl/N-ethyl adjacent to an activating group) is 1. The number of hydrogen-bond acceptors (Lipinski definition) is 3. The minimum Gasteiger partial charge on any atom is -0.391 e. The second-order valence-electron chi connectivity index (χ2n) is 3.81. The van der Waals surface area contributed by atoms with Crippen molar-refractivity contribution in [1.82, 2.24) is 4.90 Å². The van der Waals surface area contributed by atoms with Gasteiger partial charge in [-0.05, 0) is 33.2 Å². The summed E-state index contributed by atoms with van der Waals surface area (Å²) in [5, 5.41) is 9.60. The van der Waals surface area contributed by atoms with Gasteiger partial charge >= 0.3 is 0 Å². The number of hydrogen-bond donors (Lipinski definition) is 2. The Balaban J connectivity index is 2.55. The Labute approximate surface area is 78.7 Å². The van der Waals surface area contributed by atoms with Gasteiger partial charge in [0, 0.05) is 6.04 Å². The highest BCUT2D eigenvalue weighted by molar-refractivity contribution is 5.79. The first-order valence-corrected chi connectivity index (χ1v) is 4.73. The van der Waals surface area contributed by atoms with E-state index in [0.29, 0.717) is 0 Å². The summed E-state index contributed by atoms with van der Waals surface area (Å²) in [7, 11) is 1.84. The molecule has 1 saturated carbocycles. The molecule has 76 valence electrons. The molecule has 0 bridgehead atoms. The molecule has 4 nitrogen and oxygen atoms in total. The molecule has 0 saturated heterocycles. The number of nitrogens with two attached hydrogens (primary N) is 1. The van der Waals surface area contributed by atoms with Gasteiger partial charge in [0.15, 0.2) is 0 Å². The normalized spacial score (nSPS) is 30.8. The molecule has 13 heavy (non-hydrogen) atoms. The molecule has 0 heterocycles. The van der Waals surface area contributed by atoms with Crippen LogP contribution in [0.5, 0.6) is 0 Å². The van der Waals surface area contributed by atoms with Crippen molar-refractivity contribution in [3.8, 4) is 0 Å². The van der Waals surface area contributed by atoms with Gasteiger partial charge in [-0.3, -0.25) is 9.69 Å². The average Bonchev–Trinajstić information content (AvgIpc) is 2.48. The largest absolute Gasteiger partial charge is 0.391 e. The Morgan fingerprint density at radius 1 is 1.62 bits per heavy atom. The topological polar surface area (TPSA) is 66.6 Å². The van der Waals surface area contributed by atoms with Crippen molar-refractivity contribution >= 4 is 5.91 Å². The summed E-state index contributed by atoms with van der Waals surface area (Å²) in [5.41, 5.74) is 5.19. The second-order valence-corrected chi connectivity index (χ2v) is 3.81. The molecule has 0 aromatic carbocycles. The molecule has 1 fully saturated rings. The molecule has 1 aliphatic carbocycles. The van der Waals surface area contributed by atoms with Gasteiger partial charge in [-0.25, -0.2) is 0 Å². The van der Waals surface area contributed by atoms with E-state index in [1.54, 1.807) is 6.92 Å². The van der Waals surface area contributed by atoms with Crippen molar-refractivity contribution in [1.29, 1.82) is 0 Å². The van der Waals surface area contributed by atoms with Crippen LogP contribution in [0.25, 0.3) is 0 Å². The highest BCUT2D eigenvalue weighted by atomic mass is 16.3. The highest BCUT2D eigenvalue weighted by Gasteiger charge is 2.32. The van der Waals surface area contributed by atoms with Crippen LogP contribution in [0.3, 0.4) is 0 Å². The third-order valence-corrected chi connectivity index (χ3v) is 2.99. The Hall–Kier alpha value is -0.610. The SMILES string of the molecule is CC(C(N)=O)N(C)[C@@H]1CCC[C@H]1O. The van der Waals surface area contributed by atoms with Crippen molar-refractivity contribution in [3.63, 3.8) is 0 Å². The quantitative estimate of drug-likeness (QED) is 0.636. The summed E-state index contributed by atoms with van der Waals surface area (Å²) in [6.45, 7) is 1.77. The lowest BCUT2D eigenvalue weighted by Crippen LogP contribution is -2.48. The minimum absolute atomic E-state index is 0.0995. The van der Waals surface area contributed by atoms with Crippen LogP contribution in [0.4, 0.5) is 0 Å². The first kappa shape index (κ1) is 10.5. The summed E-state index contributed by atoms with van der Waals surface area (Å²) in [5.74, 6) is -0.332. The number of rotatable bonds is 3. The summed E-state index contributed by atoms with van der Waals surface area (Å²) in [6, 6.07) is -0.194. The second kappa shape index (κ2) is 4.07.